The van der Waals surface area contributed by atoms with Crippen LogP contribution in [0.3, 0.4) is 0 Å². The van der Waals surface area contributed by atoms with Crippen LogP contribution in [-0.4, -0.2) is 105 Å². The van der Waals surface area contributed by atoms with Crippen LogP contribution in [0, 0.1) is 0 Å². The quantitative estimate of drug-likeness (QED) is 0.212. The fourth-order valence-electron chi connectivity index (χ4n) is 8.70. The Morgan fingerprint density at radius 2 is 1.14 bits per heavy atom. The van der Waals surface area contributed by atoms with Crippen LogP contribution >= 0.6 is 0 Å². The minimum atomic E-state index is -1.08. The van der Waals surface area contributed by atoms with Crippen molar-refractivity contribution in [2.75, 3.05) is 16.9 Å². The number of imidazole rings is 2. The van der Waals surface area contributed by atoms with Gasteiger partial charge >= 0.3 is 11.9 Å². The monoisotopic (exact) mass is 774 g/mol. The first-order chi connectivity index (χ1) is 27.9. The highest BCUT2D eigenvalue weighted by molar-refractivity contribution is 5.87. The molecule has 0 aromatic carbocycles. The highest BCUT2D eigenvalue weighted by Crippen LogP contribution is 2.44. The van der Waals surface area contributed by atoms with Gasteiger partial charge in [0.2, 0.25) is 11.9 Å². The number of ether oxygens (including phenoxy) is 1. The molecule has 0 radical (unpaired) electrons. The standard InChI is InChI=1S/C19H22N8O2.C18H20N8O2/c1-3-14-17-24-22-11-26(17)15-8-20-19(25-9-13(21-10-25)18(28)29-2)23-16(15)27(14)12-6-4-5-7-12;1-2-13-16-23-21-10-25(16)14-7-19-18(24-8-12(17(27)28)20-9-24)22-15(14)26(13)11-5-3-4-6-11/h8-12,14H,3-7H2,1-2H3;7-11,13H,2-6H2,1H3,(H,27,28)/t14-;13-/m11/s1. The second-order valence-corrected chi connectivity index (χ2v) is 14.5. The summed E-state index contributed by atoms with van der Waals surface area (Å²) in [7, 11) is 1.33. The molecular weight excluding hydrogens is 733 g/mol. The van der Waals surface area contributed by atoms with Crippen LogP contribution in [0.15, 0.2) is 50.1 Å². The van der Waals surface area contributed by atoms with E-state index >= 15 is 0 Å². The maximum atomic E-state index is 11.7. The molecule has 2 aliphatic heterocycles. The summed E-state index contributed by atoms with van der Waals surface area (Å²) in [5.41, 5.74) is 1.90. The average Bonchev–Trinajstić information content (AvgIpc) is 4.09. The minimum absolute atomic E-state index is 0.0403. The summed E-state index contributed by atoms with van der Waals surface area (Å²) in [5, 5.41) is 26.1. The number of aromatic carboxylic acids is 1. The van der Waals surface area contributed by atoms with E-state index in [1.54, 1.807) is 40.4 Å². The molecule has 0 spiro atoms. The molecule has 2 aliphatic carbocycles. The SMILES string of the molecule is CC[C@@H]1c2nncn2-c2cnc(-n3cnc(C(=O)O)c3)nc2N1C1CCCC1.CC[C@@H]1c2nncn2-c2cnc(-n3cnc(C(=O)OC)c3)nc2N1C1CCCC1. The van der Waals surface area contributed by atoms with E-state index in [0.29, 0.717) is 24.0 Å². The number of carboxylic acid groups (broad SMARTS) is 1. The van der Waals surface area contributed by atoms with Crippen molar-refractivity contribution >= 4 is 23.6 Å². The zero-order valence-corrected chi connectivity index (χ0v) is 31.8. The summed E-state index contributed by atoms with van der Waals surface area (Å²) in [6.07, 6.45) is 24.1. The lowest BCUT2D eigenvalue weighted by Gasteiger charge is -2.40. The first-order valence-corrected chi connectivity index (χ1v) is 19.4. The van der Waals surface area contributed by atoms with Crippen LogP contribution in [-0.2, 0) is 4.74 Å². The highest BCUT2D eigenvalue weighted by Gasteiger charge is 2.40. The number of carboxylic acids is 1. The Labute approximate surface area is 326 Å². The molecule has 0 saturated heterocycles. The van der Waals surface area contributed by atoms with E-state index in [4.69, 9.17) is 19.8 Å². The summed E-state index contributed by atoms with van der Waals surface area (Å²) >= 11 is 0. The molecule has 6 aromatic heterocycles. The van der Waals surface area contributed by atoms with Gasteiger partial charge in [0.05, 0.1) is 31.6 Å². The molecule has 0 amide bonds. The lowest BCUT2D eigenvalue weighted by molar-refractivity contribution is 0.0593. The van der Waals surface area contributed by atoms with Gasteiger partial charge < -0.3 is 19.6 Å². The van der Waals surface area contributed by atoms with Crippen molar-refractivity contribution in [1.29, 1.82) is 0 Å². The summed E-state index contributed by atoms with van der Waals surface area (Å²) < 4.78 is 11.9. The van der Waals surface area contributed by atoms with E-state index in [9.17, 15) is 9.59 Å². The van der Waals surface area contributed by atoms with Crippen molar-refractivity contribution in [2.45, 2.75) is 102 Å². The van der Waals surface area contributed by atoms with E-state index in [1.165, 1.54) is 51.6 Å². The van der Waals surface area contributed by atoms with Gasteiger partial charge in [-0.1, -0.05) is 39.5 Å². The van der Waals surface area contributed by atoms with Crippen molar-refractivity contribution in [1.82, 2.24) is 68.6 Å². The van der Waals surface area contributed by atoms with Crippen molar-refractivity contribution < 1.29 is 19.4 Å². The normalized spacial score (nSPS) is 18.7. The number of fused-ring (bicyclic) bond motifs is 6. The minimum Gasteiger partial charge on any atom is -0.476 e. The average molecular weight is 775 g/mol. The number of esters is 1. The fourth-order valence-corrected chi connectivity index (χ4v) is 8.70. The number of aromatic nitrogens is 14. The Kier molecular flexibility index (Phi) is 9.37. The number of hydrogen-bond acceptors (Lipinski definition) is 15. The fraction of sp³-hybridized carbons (Fsp3) is 0.459. The van der Waals surface area contributed by atoms with Crippen LogP contribution in [0.1, 0.15) is 123 Å². The number of methoxy groups -OCH3 is 1. The zero-order valence-electron chi connectivity index (χ0n) is 31.8. The van der Waals surface area contributed by atoms with E-state index in [0.717, 1.165) is 73.2 Å². The number of anilines is 2. The molecule has 0 unspecified atom stereocenters. The molecule has 20 nitrogen and oxygen atoms in total. The van der Waals surface area contributed by atoms with E-state index in [1.807, 2.05) is 9.13 Å². The van der Waals surface area contributed by atoms with Crippen LogP contribution in [0.4, 0.5) is 11.6 Å². The van der Waals surface area contributed by atoms with Gasteiger partial charge in [-0.15, -0.1) is 20.4 Å². The first-order valence-electron chi connectivity index (χ1n) is 19.4. The second kappa shape index (κ2) is 14.8. The molecule has 2 fully saturated rings. The van der Waals surface area contributed by atoms with Crippen molar-refractivity contribution in [3.05, 3.63) is 73.1 Å². The molecule has 2 saturated carbocycles. The maximum absolute atomic E-state index is 11.7. The third kappa shape index (κ3) is 6.24. The Hall–Kier alpha value is -6.60. The van der Waals surface area contributed by atoms with E-state index in [-0.39, 0.29) is 23.5 Å². The van der Waals surface area contributed by atoms with Crippen LogP contribution < -0.4 is 9.80 Å². The number of carbonyl (C=O) groups is 2. The molecule has 8 heterocycles. The predicted molar refractivity (Wildman–Crippen MR) is 202 cm³/mol. The third-order valence-electron chi connectivity index (χ3n) is 11.3. The lowest BCUT2D eigenvalue weighted by Crippen LogP contribution is -2.42. The van der Waals surface area contributed by atoms with Gasteiger partial charge in [-0.2, -0.15) is 9.97 Å². The summed E-state index contributed by atoms with van der Waals surface area (Å²) in [6, 6.07) is 1.03. The molecule has 2 atom stereocenters. The predicted octanol–water partition coefficient (Wildman–Crippen LogP) is 4.40. The van der Waals surface area contributed by atoms with Gasteiger partial charge in [-0.25, -0.2) is 29.5 Å². The van der Waals surface area contributed by atoms with E-state index < -0.39 is 11.9 Å². The zero-order chi connectivity index (χ0) is 39.2. The smallest absolute Gasteiger partial charge is 0.358 e. The van der Waals surface area contributed by atoms with E-state index in [2.05, 4.69) is 64.0 Å². The van der Waals surface area contributed by atoms with Gasteiger partial charge in [0.25, 0.3) is 0 Å². The molecule has 20 heteroatoms. The van der Waals surface area contributed by atoms with Crippen molar-refractivity contribution in [3.8, 4) is 23.3 Å². The van der Waals surface area contributed by atoms with Gasteiger partial charge in [-0.05, 0) is 38.5 Å². The topological polar surface area (TPSA) is 219 Å². The number of hydrogen-bond donors (Lipinski definition) is 1. The van der Waals surface area contributed by atoms with Gasteiger partial charge in [0.15, 0.2) is 34.7 Å². The summed E-state index contributed by atoms with van der Waals surface area (Å²) in [6.45, 7) is 4.31. The van der Waals surface area contributed by atoms with Crippen LogP contribution in [0.5, 0.6) is 0 Å². The molecular formula is C37H42N16O4. The molecule has 57 heavy (non-hydrogen) atoms. The van der Waals surface area contributed by atoms with Crippen molar-refractivity contribution in [3.63, 3.8) is 0 Å². The Morgan fingerprint density at radius 3 is 1.56 bits per heavy atom. The second-order valence-electron chi connectivity index (χ2n) is 14.5. The number of nitrogens with zero attached hydrogens (tertiary/aromatic N) is 16. The number of carbonyl (C=O) groups excluding carboxylic acids is 1. The van der Waals surface area contributed by atoms with Crippen molar-refractivity contribution in [2.24, 2.45) is 0 Å². The molecule has 6 aromatic rings. The molecule has 4 aliphatic rings. The maximum Gasteiger partial charge on any atom is 0.358 e. The molecule has 10 rings (SSSR count). The van der Waals surface area contributed by atoms with Crippen LogP contribution in [0.25, 0.3) is 23.3 Å². The lowest BCUT2D eigenvalue weighted by atomic mass is 10.0. The van der Waals surface area contributed by atoms with Gasteiger partial charge in [0, 0.05) is 24.5 Å². The highest BCUT2D eigenvalue weighted by atomic mass is 16.5. The molecule has 1 N–H and O–H groups in total. The Bertz CT molecular complexity index is 2420. The number of rotatable bonds is 8. The largest absolute Gasteiger partial charge is 0.476 e. The molecule has 0 bridgehead atoms. The van der Waals surface area contributed by atoms with Crippen LogP contribution in [0.2, 0.25) is 0 Å². The third-order valence-corrected chi connectivity index (χ3v) is 11.3. The Balaban J connectivity index is 0.000000148. The first kappa shape index (κ1) is 36.1. The van der Waals surface area contributed by atoms with Gasteiger partial charge in [0.1, 0.15) is 36.7 Å². The molecule has 294 valence electrons. The van der Waals surface area contributed by atoms with Gasteiger partial charge in [-0.3, -0.25) is 18.3 Å². The summed E-state index contributed by atoms with van der Waals surface area (Å²) in [5.74, 6) is 2.83. The Morgan fingerprint density at radius 1 is 0.684 bits per heavy atom. The summed E-state index contributed by atoms with van der Waals surface area (Å²) in [4.78, 5) is 54.3.